The van der Waals surface area contributed by atoms with Crippen molar-refractivity contribution in [1.82, 2.24) is 0 Å². The Morgan fingerprint density at radius 3 is 2.28 bits per heavy atom. The van der Waals surface area contributed by atoms with Gasteiger partial charge in [-0.3, -0.25) is 24.5 Å². The van der Waals surface area contributed by atoms with E-state index in [1.807, 2.05) is 0 Å². The Bertz CT molecular complexity index is 877. The Kier molecular flexibility index (Phi) is 8.75. The molecule has 0 saturated carbocycles. The van der Waals surface area contributed by atoms with Crippen molar-refractivity contribution in [3.05, 3.63) is 33.9 Å². The number of esters is 3. The van der Waals surface area contributed by atoms with Crippen LogP contribution in [0.2, 0.25) is 0 Å². The molecule has 1 N–H and O–H groups in total. The standard InChI is InChI=1S/C19H22ClNO11/c1-9(22)28-8-14-17(29-10(2)23)18(30-11(3)24)15(25)19(31-14)32-16-12(7-20)5-4-6-13(16)21(26)27/h4-6,14-15,17-19,25H,7-8H2,1-3H3/t14-,15-,17-,18-,19-/m1/s1. The Balaban J connectivity index is 2.45. The number of nitro benzene ring substituents is 1. The van der Waals surface area contributed by atoms with Crippen LogP contribution in [0.15, 0.2) is 18.2 Å². The van der Waals surface area contributed by atoms with Crippen LogP contribution in [0.3, 0.4) is 0 Å². The SMILES string of the molecule is CC(=O)OC[C@H]1O[C@H](Oc2c(CCl)cccc2[N+](=O)[O-])[C@H](O)[C@@H](OC(C)=O)[C@@H]1OC(C)=O. The first-order chi connectivity index (χ1) is 15.0. The third-order valence-electron chi connectivity index (χ3n) is 4.32. The third-order valence-corrected chi connectivity index (χ3v) is 4.61. The van der Waals surface area contributed by atoms with Crippen LogP contribution in [0.5, 0.6) is 5.75 Å². The third kappa shape index (κ3) is 6.28. The second kappa shape index (κ2) is 11.1. The number of carbonyl (C=O) groups excluding carboxylic acids is 3. The highest BCUT2D eigenvalue weighted by molar-refractivity contribution is 6.17. The van der Waals surface area contributed by atoms with Crippen molar-refractivity contribution in [2.45, 2.75) is 57.4 Å². The highest BCUT2D eigenvalue weighted by atomic mass is 35.5. The van der Waals surface area contributed by atoms with Crippen LogP contribution in [0.25, 0.3) is 0 Å². The summed E-state index contributed by atoms with van der Waals surface area (Å²) in [6.45, 7) is 2.84. The molecule has 13 heteroatoms. The summed E-state index contributed by atoms with van der Waals surface area (Å²) in [6.07, 6.45) is -7.45. The smallest absolute Gasteiger partial charge is 0.311 e. The molecule has 0 spiro atoms. The zero-order valence-corrected chi connectivity index (χ0v) is 18.1. The molecule has 2 rings (SSSR count). The van der Waals surface area contributed by atoms with Crippen molar-refractivity contribution in [2.75, 3.05) is 6.61 Å². The number of aliphatic hydroxyl groups is 1. The van der Waals surface area contributed by atoms with Gasteiger partial charge in [0.05, 0.1) is 10.8 Å². The number of nitrogens with zero attached hydrogens (tertiary/aromatic N) is 1. The van der Waals surface area contributed by atoms with Crippen molar-refractivity contribution < 1.29 is 48.1 Å². The molecule has 0 unspecified atom stereocenters. The van der Waals surface area contributed by atoms with Crippen molar-refractivity contribution in [3.63, 3.8) is 0 Å². The van der Waals surface area contributed by atoms with Gasteiger partial charge in [0, 0.05) is 32.4 Å². The van der Waals surface area contributed by atoms with Gasteiger partial charge in [0.1, 0.15) is 12.7 Å². The molecular formula is C19H22ClNO11. The van der Waals surface area contributed by atoms with Gasteiger partial charge >= 0.3 is 23.6 Å². The van der Waals surface area contributed by atoms with Gasteiger partial charge in [-0.25, -0.2) is 0 Å². The molecule has 1 aliphatic rings. The number of benzene rings is 1. The zero-order chi connectivity index (χ0) is 24.0. The maximum Gasteiger partial charge on any atom is 0.311 e. The minimum atomic E-state index is -1.74. The number of halogens is 1. The van der Waals surface area contributed by atoms with E-state index in [0.717, 1.165) is 20.8 Å². The maximum atomic E-state index is 11.6. The van der Waals surface area contributed by atoms with Crippen LogP contribution in [0, 0.1) is 10.1 Å². The topological polar surface area (TPSA) is 161 Å². The Morgan fingerprint density at radius 2 is 1.75 bits per heavy atom. The largest absolute Gasteiger partial charge is 0.463 e. The highest BCUT2D eigenvalue weighted by Gasteiger charge is 2.51. The summed E-state index contributed by atoms with van der Waals surface area (Å²) in [6, 6.07) is 4.05. The van der Waals surface area contributed by atoms with Gasteiger partial charge in [-0.05, 0) is 0 Å². The predicted octanol–water partition coefficient (Wildman–Crippen LogP) is 1.22. The first-order valence-corrected chi connectivity index (χ1v) is 9.88. The summed E-state index contributed by atoms with van der Waals surface area (Å²) in [5.41, 5.74) is -0.207. The summed E-state index contributed by atoms with van der Waals surface area (Å²) in [4.78, 5) is 45.2. The Morgan fingerprint density at radius 1 is 1.12 bits per heavy atom. The molecule has 176 valence electrons. The Hall–Kier alpha value is -2.96. The first kappa shape index (κ1) is 25.3. The van der Waals surface area contributed by atoms with E-state index in [4.69, 9.17) is 35.3 Å². The average Bonchev–Trinajstić information content (AvgIpc) is 2.70. The normalized spacial score (nSPS) is 24.8. The number of nitro groups is 1. The monoisotopic (exact) mass is 475 g/mol. The molecule has 0 bridgehead atoms. The quantitative estimate of drug-likeness (QED) is 0.189. The summed E-state index contributed by atoms with van der Waals surface area (Å²) < 4.78 is 26.4. The summed E-state index contributed by atoms with van der Waals surface area (Å²) >= 11 is 5.86. The number of para-hydroxylation sites is 1. The molecule has 1 aromatic carbocycles. The van der Waals surface area contributed by atoms with Crippen molar-refractivity contribution in [1.29, 1.82) is 0 Å². The molecule has 0 radical (unpaired) electrons. The molecule has 1 aromatic rings. The molecule has 12 nitrogen and oxygen atoms in total. The highest BCUT2D eigenvalue weighted by Crippen LogP contribution is 2.36. The van der Waals surface area contributed by atoms with E-state index in [1.54, 1.807) is 0 Å². The van der Waals surface area contributed by atoms with Crippen LogP contribution in [0.4, 0.5) is 5.69 Å². The van der Waals surface area contributed by atoms with Crippen LogP contribution in [0.1, 0.15) is 26.3 Å². The number of aliphatic hydroxyl groups excluding tert-OH is 1. The second-order valence-electron chi connectivity index (χ2n) is 6.76. The molecule has 1 fully saturated rings. The van der Waals surface area contributed by atoms with E-state index < -0.39 is 65.8 Å². The number of carbonyl (C=O) groups is 3. The number of rotatable bonds is 8. The van der Waals surface area contributed by atoms with Gasteiger partial charge in [0.2, 0.25) is 12.0 Å². The van der Waals surface area contributed by atoms with Gasteiger partial charge < -0.3 is 28.8 Å². The number of alkyl halides is 1. The molecule has 1 saturated heterocycles. The molecule has 0 aliphatic carbocycles. The summed E-state index contributed by atoms with van der Waals surface area (Å²) in [5, 5.41) is 22.2. The van der Waals surface area contributed by atoms with Crippen LogP contribution in [-0.2, 0) is 39.2 Å². The van der Waals surface area contributed by atoms with Gasteiger partial charge in [0.15, 0.2) is 18.3 Å². The van der Waals surface area contributed by atoms with Gasteiger partial charge in [-0.2, -0.15) is 0 Å². The second-order valence-corrected chi connectivity index (χ2v) is 7.03. The van der Waals surface area contributed by atoms with E-state index in [9.17, 15) is 29.6 Å². The van der Waals surface area contributed by atoms with E-state index in [2.05, 4.69) is 0 Å². The molecule has 0 amide bonds. The summed E-state index contributed by atoms with van der Waals surface area (Å²) in [5.74, 6) is -2.69. The van der Waals surface area contributed by atoms with Gasteiger partial charge in [0.25, 0.3) is 0 Å². The van der Waals surface area contributed by atoms with Gasteiger partial charge in [-0.15, -0.1) is 11.6 Å². The van der Waals surface area contributed by atoms with Crippen molar-refractivity contribution >= 4 is 35.2 Å². The lowest BCUT2D eigenvalue weighted by atomic mass is 9.98. The number of hydrogen-bond acceptors (Lipinski definition) is 11. The Labute approximate surface area is 187 Å². The number of ether oxygens (including phenoxy) is 5. The predicted molar refractivity (Wildman–Crippen MR) is 106 cm³/mol. The lowest BCUT2D eigenvalue weighted by Crippen LogP contribution is -2.62. The van der Waals surface area contributed by atoms with Crippen LogP contribution in [-0.4, -0.2) is 65.3 Å². The zero-order valence-electron chi connectivity index (χ0n) is 17.4. The molecule has 5 atom stereocenters. The fraction of sp³-hybridized carbons (Fsp3) is 0.526. The lowest BCUT2D eigenvalue weighted by molar-refractivity contribution is -0.387. The molecular weight excluding hydrogens is 454 g/mol. The van der Waals surface area contributed by atoms with Gasteiger partial charge in [-0.1, -0.05) is 12.1 Å². The fourth-order valence-corrected chi connectivity index (χ4v) is 3.27. The average molecular weight is 476 g/mol. The van der Waals surface area contributed by atoms with Crippen molar-refractivity contribution in [2.24, 2.45) is 0 Å². The number of hydrogen-bond donors (Lipinski definition) is 1. The van der Waals surface area contributed by atoms with Crippen molar-refractivity contribution in [3.8, 4) is 5.75 Å². The minimum Gasteiger partial charge on any atom is -0.463 e. The molecule has 32 heavy (non-hydrogen) atoms. The maximum absolute atomic E-state index is 11.6. The molecule has 1 heterocycles. The molecule has 0 aromatic heterocycles. The van der Waals surface area contributed by atoms with E-state index in [1.165, 1.54) is 18.2 Å². The fourth-order valence-electron chi connectivity index (χ4n) is 3.06. The lowest BCUT2D eigenvalue weighted by Gasteiger charge is -2.42. The summed E-state index contributed by atoms with van der Waals surface area (Å²) in [7, 11) is 0. The van der Waals surface area contributed by atoms with E-state index in [0.29, 0.717) is 0 Å². The van der Waals surface area contributed by atoms with E-state index in [-0.39, 0.29) is 17.2 Å². The van der Waals surface area contributed by atoms with E-state index >= 15 is 0 Å². The molecule has 1 aliphatic heterocycles. The van der Waals surface area contributed by atoms with Crippen LogP contribution < -0.4 is 4.74 Å². The van der Waals surface area contributed by atoms with Crippen LogP contribution >= 0.6 is 11.6 Å². The first-order valence-electron chi connectivity index (χ1n) is 9.35. The minimum absolute atomic E-state index is 0.153.